The van der Waals surface area contributed by atoms with Crippen molar-refractivity contribution in [2.75, 3.05) is 32.6 Å². The fourth-order valence-corrected chi connectivity index (χ4v) is 4.12. The van der Waals surface area contributed by atoms with Crippen molar-refractivity contribution in [3.8, 4) is 5.75 Å². The maximum Gasteiger partial charge on any atom is 0.330 e. The number of nitrogens with zero attached hydrogens (tertiary/aromatic N) is 8. The minimum absolute atomic E-state index is 0.130. The molecule has 0 bridgehead atoms. The summed E-state index contributed by atoms with van der Waals surface area (Å²) in [6.07, 6.45) is 4.63. The highest BCUT2D eigenvalue weighted by molar-refractivity contribution is 5.74. The molecule has 0 saturated carbocycles. The number of rotatable bonds is 4. The zero-order valence-corrected chi connectivity index (χ0v) is 17.7. The first-order valence-corrected chi connectivity index (χ1v) is 9.93. The highest BCUT2D eigenvalue weighted by atomic mass is 19.3. The van der Waals surface area contributed by atoms with Gasteiger partial charge in [-0.15, -0.1) is 0 Å². The number of fused-ring (bicyclic) bond motifs is 2. The number of hydrogen-bond donors (Lipinski definition) is 1. The normalized spacial score (nSPS) is 19.0. The molecule has 0 amide bonds. The molecule has 1 fully saturated rings. The van der Waals surface area contributed by atoms with Gasteiger partial charge in [-0.3, -0.25) is 9.13 Å². The second-order valence-corrected chi connectivity index (χ2v) is 7.86. The van der Waals surface area contributed by atoms with Crippen molar-refractivity contribution in [2.45, 2.75) is 18.4 Å². The number of aromatic nitrogens is 7. The number of ether oxygens (including phenoxy) is 1. The Kier molecular flexibility index (Phi) is 4.58. The lowest BCUT2D eigenvalue weighted by atomic mass is 10.0. The van der Waals surface area contributed by atoms with Crippen molar-refractivity contribution < 1.29 is 13.5 Å². The van der Waals surface area contributed by atoms with Crippen LogP contribution >= 0.6 is 0 Å². The largest absolute Gasteiger partial charge is 0.494 e. The van der Waals surface area contributed by atoms with E-state index < -0.39 is 24.2 Å². The molecular formula is C19H21F2N9O2. The molecule has 13 heteroatoms. The van der Waals surface area contributed by atoms with E-state index in [-0.39, 0.29) is 18.0 Å². The van der Waals surface area contributed by atoms with Crippen molar-refractivity contribution in [2.24, 2.45) is 7.05 Å². The van der Waals surface area contributed by atoms with Crippen LogP contribution in [-0.4, -0.2) is 71.8 Å². The number of pyridine rings is 1. The second kappa shape index (κ2) is 7.22. The number of nitrogens with one attached hydrogen (secondary N) is 1. The van der Waals surface area contributed by atoms with Crippen LogP contribution in [0.3, 0.4) is 0 Å². The van der Waals surface area contributed by atoms with E-state index in [1.165, 1.54) is 31.2 Å². The summed E-state index contributed by atoms with van der Waals surface area (Å²) in [5.41, 5.74) is 1.05. The van der Waals surface area contributed by atoms with Gasteiger partial charge in [0, 0.05) is 19.7 Å². The first-order valence-electron chi connectivity index (χ1n) is 9.93. The Labute approximate surface area is 180 Å². The van der Waals surface area contributed by atoms with Crippen LogP contribution in [0.5, 0.6) is 5.75 Å². The molecule has 5 heterocycles. The predicted molar refractivity (Wildman–Crippen MR) is 112 cm³/mol. The highest BCUT2D eigenvalue weighted by Gasteiger charge is 2.46. The average molecular weight is 445 g/mol. The molecule has 1 N–H and O–H groups in total. The third-order valence-electron chi connectivity index (χ3n) is 5.74. The number of anilines is 2. The SMILES string of the molecule is COc1cc2ncnn2cc1Nc1ncc2c(n1)n([C@@H]1CCN(C)CC1(F)F)c(=O)n2C. The maximum absolute atomic E-state index is 14.9. The number of imidazole rings is 1. The molecule has 1 atom stereocenters. The summed E-state index contributed by atoms with van der Waals surface area (Å²) in [5.74, 6) is -2.47. The van der Waals surface area contributed by atoms with Crippen LogP contribution in [0.15, 0.2) is 29.6 Å². The van der Waals surface area contributed by atoms with Crippen LogP contribution in [0.1, 0.15) is 12.5 Å². The van der Waals surface area contributed by atoms with Gasteiger partial charge in [0.2, 0.25) is 5.95 Å². The summed E-state index contributed by atoms with van der Waals surface area (Å²) in [5, 5.41) is 7.12. The molecule has 0 aromatic carbocycles. The number of aryl methyl sites for hydroxylation is 1. The molecule has 5 rings (SSSR count). The molecule has 4 aromatic rings. The standard InChI is InChI=1S/C19H21F2N9O2/c1-27-5-4-14(19(20,21)9-27)30-16-12(28(2)18(30)31)7-22-17(26-16)25-11-8-29-15(23-10-24-29)6-13(11)32-3/h6-8,10,14H,4-5,9H2,1-3H3,(H,22,25,26)/t14-/m1/s1. The molecule has 1 saturated heterocycles. The topological polar surface area (TPSA) is 107 Å². The van der Waals surface area contributed by atoms with E-state index >= 15 is 0 Å². The molecule has 1 aliphatic rings. The zero-order chi connectivity index (χ0) is 22.6. The summed E-state index contributed by atoms with van der Waals surface area (Å²) in [6.45, 7) is 0.0280. The second-order valence-electron chi connectivity index (χ2n) is 7.86. The average Bonchev–Trinajstić information content (AvgIpc) is 3.29. The minimum Gasteiger partial charge on any atom is -0.494 e. The first-order chi connectivity index (χ1) is 15.3. The van der Waals surface area contributed by atoms with Gasteiger partial charge in [0.25, 0.3) is 5.92 Å². The van der Waals surface area contributed by atoms with E-state index in [2.05, 4.69) is 25.4 Å². The summed E-state index contributed by atoms with van der Waals surface area (Å²) in [7, 11) is 4.67. The number of likely N-dealkylation sites (tertiary alicyclic amines) is 1. The Balaban J connectivity index is 1.60. The van der Waals surface area contributed by atoms with E-state index in [0.29, 0.717) is 29.1 Å². The van der Waals surface area contributed by atoms with Crippen molar-refractivity contribution >= 4 is 28.4 Å². The Morgan fingerprint density at radius 1 is 1.28 bits per heavy atom. The van der Waals surface area contributed by atoms with Crippen LogP contribution in [0.4, 0.5) is 20.4 Å². The van der Waals surface area contributed by atoms with E-state index in [1.807, 2.05) is 0 Å². The van der Waals surface area contributed by atoms with Gasteiger partial charge < -0.3 is 15.0 Å². The minimum atomic E-state index is -3.08. The third-order valence-corrected chi connectivity index (χ3v) is 5.74. The van der Waals surface area contributed by atoms with Crippen LogP contribution in [0, 0.1) is 0 Å². The molecule has 168 valence electrons. The van der Waals surface area contributed by atoms with Gasteiger partial charge in [-0.2, -0.15) is 10.1 Å². The number of halogens is 2. The Morgan fingerprint density at radius 3 is 2.84 bits per heavy atom. The van der Waals surface area contributed by atoms with Gasteiger partial charge in [0.1, 0.15) is 29.3 Å². The van der Waals surface area contributed by atoms with Gasteiger partial charge in [-0.05, 0) is 13.5 Å². The van der Waals surface area contributed by atoms with Crippen LogP contribution in [0.2, 0.25) is 0 Å². The number of alkyl halides is 2. The van der Waals surface area contributed by atoms with Crippen LogP contribution in [-0.2, 0) is 7.05 Å². The van der Waals surface area contributed by atoms with Crippen molar-refractivity contribution in [1.82, 2.24) is 38.6 Å². The third kappa shape index (κ3) is 3.16. The molecule has 0 spiro atoms. The zero-order valence-electron chi connectivity index (χ0n) is 17.7. The quantitative estimate of drug-likeness (QED) is 0.503. The van der Waals surface area contributed by atoms with Gasteiger partial charge >= 0.3 is 5.69 Å². The van der Waals surface area contributed by atoms with Crippen LogP contribution < -0.4 is 15.7 Å². The van der Waals surface area contributed by atoms with E-state index in [0.717, 1.165) is 4.57 Å². The van der Waals surface area contributed by atoms with Crippen molar-refractivity contribution in [1.29, 1.82) is 0 Å². The molecule has 32 heavy (non-hydrogen) atoms. The van der Waals surface area contributed by atoms with Gasteiger partial charge in [-0.25, -0.2) is 28.1 Å². The lowest BCUT2D eigenvalue weighted by Crippen LogP contribution is -2.49. The summed E-state index contributed by atoms with van der Waals surface area (Å²) >= 11 is 0. The summed E-state index contributed by atoms with van der Waals surface area (Å²) in [4.78, 5) is 27.3. The summed E-state index contributed by atoms with van der Waals surface area (Å²) < 4.78 is 39.1. The predicted octanol–water partition coefficient (Wildman–Crippen LogP) is 1.44. The fraction of sp³-hybridized carbons (Fsp3) is 0.421. The van der Waals surface area contributed by atoms with Crippen LogP contribution in [0.25, 0.3) is 16.8 Å². The molecule has 1 aliphatic heterocycles. The molecular weight excluding hydrogens is 424 g/mol. The Bertz CT molecular complexity index is 1380. The van der Waals surface area contributed by atoms with Crippen molar-refractivity contribution in [3.63, 3.8) is 0 Å². The highest BCUT2D eigenvalue weighted by Crippen LogP contribution is 2.37. The van der Waals surface area contributed by atoms with E-state index in [9.17, 15) is 13.6 Å². The Morgan fingerprint density at radius 2 is 2.09 bits per heavy atom. The number of piperidine rings is 1. The first kappa shape index (κ1) is 20.3. The lowest BCUT2D eigenvalue weighted by Gasteiger charge is -2.36. The maximum atomic E-state index is 14.9. The molecule has 0 unspecified atom stereocenters. The smallest absolute Gasteiger partial charge is 0.330 e. The summed E-state index contributed by atoms with van der Waals surface area (Å²) in [6, 6.07) is 0.393. The van der Waals surface area contributed by atoms with Gasteiger partial charge in [0.05, 0.1) is 26.0 Å². The lowest BCUT2D eigenvalue weighted by molar-refractivity contribution is -0.0979. The fourth-order valence-electron chi connectivity index (χ4n) is 4.12. The Hall–Kier alpha value is -3.61. The number of hydrogen-bond acceptors (Lipinski definition) is 8. The number of methoxy groups -OCH3 is 1. The monoisotopic (exact) mass is 445 g/mol. The van der Waals surface area contributed by atoms with Gasteiger partial charge in [-0.1, -0.05) is 0 Å². The molecule has 0 radical (unpaired) electrons. The van der Waals surface area contributed by atoms with Crippen molar-refractivity contribution in [3.05, 3.63) is 35.3 Å². The molecule has 4 aromatic heterocycles. The van der Waals surface area contributed by atoms with Gasteiger partial charge in [0.15, 0.2) is 11.3 Å². The molecule has 0 aliphatic carbocycles. The van der Waals surface area contributed by atoms with E-state index in [1.54, 1.807) is 28.7 Å². The molecule has 11 nitrogen and oxygen atoms in total. The van der Waals surface area contributed by atoms with E-state index in [4.69, 9.17) is 4.74 Å².